The molecule has 0 radical (unpaired) electrons. The van der Waals surface area contributed by atoms with E-state index in [2.05, 4.69) is 28.7 Å². The van der Waals surface area contributed by atoms with Crippen LogP contribution in [0.4, 0.5) is 11.6 Å². The van der Waals surface area contributed by atoms with Crippen LogP contribution in [0.1, 0.15) is 38.9 Å². The van der Waals surface area contributed by atoms with E-state index in [4.69, 9.17) is 5.73 Å². The molecule has 16 heavy (non-hydrogen) atoms. The van der Waals surface area contributed by atoms with Gasteiger partial charge < -0.3 is 10.6 Å². The summed E-state index contributed by atoms with van der Waals surface area (Å²) in [4.78, 5) is 11.2. The summed E-state index contributed by atoms with van der Waals surface area (Å²) in [5.74, 6) is 2.44. The van der Waals surface area contributed by atoms with Crippen LogP contribution >= 0.6 is 0 Å². The topological polar surface area (TPSA) is 55.0 Å². The number of nitrogens with two attached hydrogens (primary N) is 1. The molecule has 1 aromatic heterocycles. The van der Waals surface area contributed by atoms with Crippen LogP contribution in [0.5, 0.6) is 0 Å². The van der Waals surface area contributed by atoms with E-state index < -0.39 is 0 Å². The summed E-state index contributed by atoms with van der Waals surface area (Å²) >= 11 is 0. The molecular weight excluding hydrogens is 200 g/mol. The highest BCUT2D eigenvalue weighted by molar-refractivity contribution is 5.48. The molecule has 4 nitrogen and oxygen atoms in total. The third-order valence-corrected chi connectivity index (χ3v) is 3.24. The zero-order valence-corrected chi connectivity index (χ0v) is 10.1. The third kappa shape index (κ3) is 2.10. The minimum absolute atomic E-state index is 0.587. The van der Waals surface area contributed by atoms with Crippen molar-refractivity contribution < 1.29 is 0 Å². The molecule has 4 heteroatoms. The van der Waals surface area contributed by atoms with Crippen molar-refractivity contribution >= 4 is 11.6 Å². The van der Waals surface area contributed by atoms with Crippen molar-refractivity contribution in [2.45, 2.75) is 45.6 Å². The lowest BCUT2D eigenvalue weighted by atomic mass is 10.2. The van der Waals surface area contributed by atoms with Gasteiger partial charge in [-0.15, -0.1) is 0 Å². The average Bonchev–Trinajstić information content (AvgIpc) is 2.76. The SMILES string of the molecule is CCc1nc(N)cc(N2CCCC2CC)n1. The van der Waals surface area contributed by atoms with Crippen LogP contribution in [0.3, 0.4) is 0 Å². The van der Waals surface area contributed by atoms with Gasteiger partial charge in [0.1, 0.15) is 17.5 Å². The molecule has 1 unspecified atom stereocenters. The van der Waals surface area contributed by atoms with Gasteiger partial charge in [-0.25, -0.2) is 9.97 Å². The van der Waals surface area contributed by atoms with Crippen molar-refractivity contribution in [2.75, 3.05) is 17.2 Å². The van der Waals surface area contributed by atoms with E-state index in [1.54, 1.807) is 0 Å². The van der Waals surface area contributed by atoms with Crippen molar-refractivity contribution in [3.63, 3.8) is 0 Å². The molecule has 1 saturated heterocycles. The fourth-order valence-corrected chi connectivity index (χ4v) is 2.37. The Morgan fingerprint density at radius 1 is 1.44 bits per heavy atom. The summed E-state index contributed by atoms with van der Waals surface area (Å²) in [7, 11) is 0. The molecule has 2 heterocycles. The first-order chi connectivity index (χ1) is 7.74. The minimum atomic E-state index is 0.587. The summed E-state index contributed by atoms with van der Waals surface area (Å²) in [6.45, 7) is 5.38. The van der Waals surface area contributed by atoms with E-state index in [9.17, 15) is 0 Å². The van der Waals surface area contributed by atoms with E-state index in [1.807, 2.05) is 6.07 Å². The largest absolute Gasteiger partial charge is 0.384 e. The molecule has 2 N–H and O–H groups in total. The van der Waals surface area contributed by atoms with Crippen LogP contribution in [0.25, 0.3) is 0 Å². The highest BCUT2D eigenvalue weighted by Crippen LogP contribution is 2.26. The minimum Gasteiger partial charge on any atom is -0.384 e. The monoisotopic (exact) mass is 220 g/mol. The van der Waals surface area contributed by atoms with Crippen LogP contribution in [0.2, 0.25) is 0 Å². The van der Waals surface area contributed by atoms with Gasteiger partial charge in [0, 0.05) is 25.1 Å². The van der Waals surface area contributed by atoms with Crippen molar-refractivity contribution in [1.29, 1.82) is 0 Å². The Labute approximate surface area is 96.9 Å². The Hall–Kier alpha value is -1.32. The van der Waals surface area contributed by atoms with Crippen LogP contribution in [-0.2, 0) is 6.42 Å². The normalized spacial score (nSPS) is 20.4. The second-order valence-corrected chi connectivity index (χ2v) is 4.32. The van der Waals surface area contributed by atoms with Gasteiger partial charge in [-0.05, 0) is 19.3 Å². The predicted octanol–water partition coefficient (Wildman–Crippen LogP) is 2.00. The lowest BCUT2D eigenvalue weighted by molar-refractivity contribution is 0.638. The van der Waals surface area contributed by atoms with Gasteiger partial charge in [0.2, 0.25) is 0 Å². The average molecular weight is 220 g/mol. The zero-order chi connectivity index (χ0) is 11.5. The number of hydrogen-bond acceptors (Lipinski definition) is 4. The van der Waals surface area contributed by atoms with E-state index >= 15 is 0 Å². The Morgan fingerprint density at radius 3 is 2.94 bits per heavy atom. The fraction of sp³-hybridized carbons (Fsp3) is 0.667. The van der Waals surface area contributed by atoms with Gasteiger partial charge in [-0.3, -0.25) is 0 Å². The molecule has 0 aromatic carbocycles. The summed E-state index contributed by atoms with van der Waals surface area (Å²) in [6, 6.07) is 2.52. The van der Waals surface area contributed by atoms with Gasteiger partial charge in [-0.1, -0.05) is 13.8 Å². The maximum Gasteiger partial charge on any atom is 0.134 e. The van der Waals surface area contributed by atoms with E-state index in [0.717, 1.165) is 24.6 Å². The zero-order valence-electron chi connectivity index (χ0n) is 10.1. The molecule has 1 aliphatic rings. The van der Waals surface area contributed by atoms with Gasteiger partial charge in [-0.2, -0.15) is 0 Å². The fourth-order valence-electron chi connectivity index (χ4n) is 2.37. The number of nitrogen functional groups attached to an aromatic ring is 1. The van der Waals surface area contributed by atoms with E-state index in [-0.39, 0.29) is 0 Å². The molecule has 2 rings (SSSR count). The highest BCUT2D eigenvalue weighted by Gasteiger charge is 2.24. The van der Waals surface area contributed by atoms with Crippen LogP contribution < -0.4 is 10.6 Å². The lowest BCUT2D eigenvalue weighted by Gasteiger charge is -2.25. The Morgan fingerprint density at radius 2 is 2.25 bits per heavy atom. The predicted molar refractivity (Wildman–Crippen MR) is 66.5 cm³/mol. The molecule has 1 aliphatic heterocycles. The van der Waals surface area contributed by atoms with Gasteiger partial charge in [0.15, 0.2) is 0 Å². The maximum absolute atomic E-state index is 5.81. The number of hydrogen-bond donors (Lipinski definition) is 1. The van der Waals surface area contributed by atoms with Crippen LogP contribution in [0, 0.1) is 0 Å². The Kier molecular flexibility index (Phi) is 3.27. The lowest BCUT2D eigenvalue weighted by Crippen LogP contribution is -2.29. The number of aryl methyl sites for hydroxylation is 1. The first kappa shape index (κ1) is 11.2. The highest BCUT2D eigenvalue weighted by atomic mass is 15.2. The second-order valence-electron chi connectivity index (χ2n) is 4.32. The maximum atomic E-state index is 5.81. The smallest absolute Gasteiger partial charge is 0.134 e. The molecule has 0 saturated carbocycles. The molecule has 88 valence electrons. The first-order valence-corrected chi connectivity index (χ1v) is 6.14. The van der Waals surface area contributed by atoms with Crippen LogP contribution in [0.15, 0.2) is 6.07 Å². The van der Waals surface area contributed by atoms with E-state index in [0.29, 0.717) is 11.9 Å². The van der Waals surface area contributed by atoms with E-state index in [1.165, 1.54) is 19.3 Å². The Balaban J connectivity index is 2.28. The molecule has 0 amide bonds. The van der Waals surface area contributed by atoms with Crippen molar-refractivity contribution in [3.8, 4) is 0 Å². The third-order valence-electron chi connectivity index (χ3n) is 3.24. The van der Waals surface area contributed by atoms with Gasteiger partial charge >= 0.3 is 0 Å². The number of nitrogens with zero attached hydrogens (tertiary/aromatic N) is 3. The molecular formula is C12H20N4. The summed E-state index contributed by atoms with van der Waals surface area (Å²) in [5.41, 5.74) is 5.81. The summed E-state index contributed by atoms with van der Waals surface area (Å²) in [6.07, 6.45) is 4.53. The van der Waals surface area contributed by atoms with Crippen molar-refractivity contribution in [2.24, 2.45) is 0 Å². The molecule has 0 spiro atoms. The van der Waals surface area contributed by atoms with Crippen molar-refractivity contribution in [1.82, 2.24) is 9.97 Å². The van der Waals surface area contributed by atoms with Crippen molar-refractivity contribution in [3.05, 3.63) is 11.9 Å². The quantitative estimate of drug-likeness (QED) is 0.846. The summed E-state index contributed by atoms with van der Waals surface area (Å²) < 4.78 is 0. The molecule has 0 bridgehead atoms. The molecule has 1 aromatic rings. The number of rotatable bonds is 3. The van der Waals surface area contributed by atoms with Crippen LogP contribution in [-0.4, -0.2) is 22.6 Å². The Bertz CT molecular complexity index is 364. The summed E-state index contributed by atoms with van der Waals surface area (Å²) in [5, 5.41) is 0. The molecule has 1 fully saturated rings. The first-order valence-electron chi connectivity index (χ1n) is 6.14. The van der Waals surface area contributed by atoms with Gasteiger partial charge in [0.25, 0.3) is 0 Å². The number of anilines is 2. The standard InChI is InChI=1S/C12H20N4/c1-3-9-6-5-7-16(9)12-8-10(13)14-11(4-2)15-12/h8-9H,3-7H2,1-2H3,(H2,13,14,15). The van der Waals surface area contributed by atoms with Gasteiger partial charge in [0.05, 0.1) is 0 Å². The number of aromatic nitrogens is 2. The second kappa shape index (κ2) is 4.68. The molecule has 0 aliphatic carbocycles. The molecule has 1 atom stereocenters.